The first kappa shape index (κ1) is 19.7. The molecule has 0 aromatic heterocycles. The van der Waals surface area contributed by atoms with E-state index in [1.165, 1.54) is 0 Å². The molecule has 0 saturated carbocycles. The smallest absolute Gasteiger partial charge is 0.250 e. The van der Waals surface area contributed by atoms with Crippen LogP contribution in [0.3, 0.4) is 0 Å². The Bertz CT molecular complexity index is 1130. The summed E-state index contributed by atoms with van der Waals surface area (Å²) in [4.78, 5) is 52.9. The van der Waals surface area contributed by atoms with Crippen molar-refractivity contribution in [1.29, 1.82) is 0 Å². The Hall–Kier alpha value is -3.23. The number of amides is 4. The molecule has 2 aromatic rings. The van der Waals surface area contributed by atoms with Crippen LogP contribution in [0.4, 0.5) is 11.4 Å². The molecule has 0 unspecified atom stereocenters. The number of hydrogen-bond donors (Lipinski definition) is 3. The van der Waals surface area contributed by atoms with Crippen molar-refractivity contribution in [2.45, 2.75) is 24.4 Å². The van der Waals surface area contributed by atoms with E-state index in [-0.39, 0.29) is 18.7 Å². The van der Waals surface area contributed by atoms with Crippen LogP contribution in [0.1, 0.15) is 18.4 Å². The minimum atomic E-state index is -1.39. The van der Waals surface area contributed by atoms with E-state index >= 15 is 0 Å². The number of nitrogens with zero attached hydrogens (tertiary/aromatic N) is 1. The number of nitrogens with one attached hydrogen (secondary N) is 2. The second kappa shape index (κ2) is 6.90. The van der Waals surface area contributed by atoms with Crippen molar-refractivity contribution in [3.05, 3.63) is 59.1 Å². The van der Waals surface area contributed by atoms with Gasteiger partial charge in [-0.25, -0.2) is 4.90 Å². The normalized spacial score (nSPS) is 28.7. The van der Waals surface area contributed by atoms with Gasteiger partial charge >= 0.3 is 0 Å². The molecule has 1 spiro atoms. The number of halogens is 1. The zero-order valence-corrected chi connectivity index (χ0v) is 17.1. The molecule has 3 aliphatic rings. The molecule has 0 bridgehead atoms. The number of anilines is 2. The molecule has 5 rings (SSSR count). The highest BCUT2D eigenvalue weighted by Crippen LogP contribution is 2.54. The van der Waals surface area contributed by atoms with E-state index in [1.54, 1.807) is 48.5 Å². The molecule has 3 heterocycles. The van der Waals surface area contributed by atoms with E-state index in [0.717, 1.165) is 4.90 Å². The number of primary amides is 1. The summed E-state index contributed by atoms with van der Waals surface area (Å²) in [5.41, 5.74) is 5.55. The predicted octanol–water partition coefficient (Wildman–Crippen LogP) is 1.53. The Morgan fingerprint density at radius 3 is 2.48 bits per heavy atom. The first-order valence-corrected chi connectivity index (χ1v) is 10.3. The van der Waals surface area contributed by atoms with Gasteiger partial charge in [0, 0.05) is 28.7 Å². The molecular formula is C22H19ClN4O4. The molecule has 2 aromatic carbocycles. The average Bonchev–Trinajstić information content (AvgIpc) is 3.32. The molecule has 2 fully saturated rings. The Morgan fingerprint density at radius 2 is 1.77 bits per heavy atom. The molecule has 4 atom stereocenters. The summed E-state index contributed by atoms with van der Waals surface area (Å²) in [6, 6.07) is 12.9. The maximum Gasteiger partial charge on any atom is 0.250 e. The Kier molecular flexibility index (Phi) is 4.39. The van der Waals surface area contributed by atoms with Gasteiger partial charge in [-0.15, -0.1) is 0 Å². The lowest BCUT2D eigenvalue weighted by Crippen LogP contribution is -2.53. The first-order chi connectivity index (χ1) is 14.8. The maximum absolute atomic E-state index is 13.6. The molecule has 3 aliphatic heterocycles. The highest BCUT2D eigenvalue weighted by Gasteiger charge is 2.70. The van der Waals surface area contributed by atoms with Gasteiger partial charge in [-0.1, -0.05) is 29.8 Å². The van der Waals surface area contributed by atoms with Crippen LogP contribution in [-0.2, 0) is 24.7 Å². The molecule has 4 amide bonds. The van der Waals surface area contributed by atoms with Crippen molar-refractivity contribution in [3.8, 4) is 0 Å². The molecule has 31 heavy (non-hydrogen) atoms. The number of benzene rings is 2. The highest BCUT2D eigenvalue weighted by molar-refractivity contribution is 6.31. The number of rotatable bonds is 4. The number of imide groups is 1. The summed E-state index contributed by atoms with van der Waals surface area (Å²) in [5.74, 6) is -3.52. The van der Waals surface area contributed by atoms with E-state index in [9.17, 15) is 19.2 Å². The van der Waals surface area contributed by atoms with Gasteiger partial charge in [0.1, 0.15) is 5.54 Å². The lowest BCUT2D eigenvalue weighted by Gasteiger charge is -2.29. The second-order valence-corrected chi connectivity index (χ2v) is 8.49. The van der Waals surface area contributed by atoms with Crippen molar-refractivity contribution in [1.82, 2.24) is 5.32 Å². The van der Waals surface area contributed by atoms with Gasteiger partial charge in [0.2, 0.25) is 23.6 Å². The molecule has 4 N–H and O–H groups in total. The minimum Gasteiger partial charge on any atom is -0.370 e. The van der Waals surface area contributed by atoms with Gasteiger partial charge in [0.25, 0.3) is 0 Å². The molecule has 2 saturated heterocycles. The van der Waals surface area contributed by atoms with E-state index in [2.05, 4.69) is 10.6 Å². The summed E-state index contributed by atoms with van der Waals surface area (Å²) >= 11 is 5.96. The molecule has 8 nitrogen and oxygen atoms in total. The molecule has 158 valence electrons. The van der Waals surface area contributed by atoms with Crippen LogP contribution in [0.15, 0.2) is 48.5 Å². The topological polar surface area (TPSA) is 122 Å². The van der Waals surface area contributed by atoms with Crippen LogP contribution in [0.5, 0.6) is 0 Å². The Balaban J connectivity index is 1.64. The lowest BCUT2D eigenvalue weighted by atomic mass is 9.76. The summed E-state index contributed by atoms with van der Waals surface area (Å²) in [5, 5.41) is 6.57. The molecular weight excluding hydrogens is 420 g/mol. The van der Waals surface area contributed by atoms with Gasteiger partial charge in [-0.05, 0) is 36.8 Å². The maximum atomic E-state index is 13.6. The van der Waals surface area contributed by atoms with E-state index in [0.29, 0.717) is 22.0 Å². The second-order valence-electron chi connectivity index (χ2n) is 8.06. The van der Waals surface area contributed by atoms with Crippen molar-refractivity contribution in [3.63, 3.8) is 0 Å². The Labute approximate surface area is 182 Å². The standard InChI is InChI=1S/C22H19ClN4O4/c23-11-5-7-12(8-6-11)27-19(29)17-15(9-10-16(24)28)26-22(18(17)20(27)30)13-3-1-2-4-14(13)25-21(22)31/h1-8,15,17-18,26H,9-10H2,(H2,24,28)(H,25,31)/t15-,17+,18-,22-/m0/s1. The van der Waals surface area contributed by atoms with Crippen molar-refractivity contribution in [2.24, 2.45) is 17.6 Å². The number of carbonyl (C=O) groups excluding carboxylic acids is 4. The fourth-order valence-corrected chi connectivity index (χ4v) is 5.28. The van der Waals surface area contributed by atoms with Gasteiger partial charge in [0.05, 0.1) is 17.5 Å². The van der Waals surface area contributed by atoms with Crippen molar-refractivity contribution >= 4 is 46.6 Å². The fourth-order valence-electron chi connectivity index (χ4n) is 5.15. The van der Waals surface area contributed by atoms with E-state index < -0.39 is 41.1 Å². The van der Waals surface area contributed by atoms with Crippen LogP contribution in [0.2, 0.25) is 5.02 Å². The molecule has 0 radical (unpaired) electrons. The van der Waals surface area contributed by atoms with Crippen LogP contribution < -0.4 is 21.3 Å². The third-order valence-corrected chi connectivity index (χ3v) is 6.66. The highest BCUT2D eigenvalue weighted by atomic mass is 35.5. The number of nitrogens with two attached hydrogens (primary N) is 1. The zero-order valence-electron chi connectivity index (χ0n) is 16.3. The zero-order chi connectivity index (χ0) is 21.9. The third-order valence-electron chi connectivity index (χ3n) is 6.41. The van der Waals surface area contributed by atoms with Crippen LogP contribution in [0.25, 0.3) is 0 Å². The van der Waals surface area contributed by atoms with Gasteiger partial charge in [0.15, 0.2) is 0 Å². The molecule has 9 heteroatoms. The summed E-state index contributed by atoms with van der Waals surface area (Å²) in [7, 11) is 0. The lowest BCUT2D eigenvalue weighted by molar-refractivity contribution is -0.130. The largest absolute Gasteiger partial charge is 0.370 e. The summed E-state index contributed by atoms with van der Waals surface area (Å²) in [6.07, 6.45) is 0.268. The van der Waals surface area contributed by atoms with Crippen LogP contribution in [-0.4, -0.2) is 29.7 Å². The van der Waals surface area contributed by atoms with Crippen molar-refractivity contribution in [2.75, 3.05) is 10.2 Å². The molecule has 0 aliphatic carbocycles. The summed E-state index contributed by atoms with van der Waals surface area (Å²) in [6.45, 7) is 0. The Morgan fingerprint density at radius 1 is 1.06 bits per heavy atom. The first-order valence-electron chi connectivity index (χ1n) is 9.95. The van der Waals surface area contributed by atoms with Gasteiger partial charge < -0.3 is 11.1 Å². The minimum absolute atomic E-state index is 0.0304. The summed E-state index contributed by atoms with van der Waals surface area (Å²) < 4.78 is 0. The number of fused-ring (bicyclic) bond motifs is 4. The monoisotopic (exact) mass is 438 g/mol. The van der Waals surface area contributed by atoms with Crippen LogP contribution >= 0.6 is 11.6 Å². The van der Waals surface area contributed by atoms with E-state index in [1.807, 2.05) is 0 Å². The average molecular weight is 439 g/mol. The van der Waals surface area contributed by atoms with Crippen molar-refractivity contribution < 1.29 is 19.2 Å². The van der Waals surface area contributed by atoms with Gasteiger partial charge in [-0.2, -0.15) is 0 Å². The SMILES string of the molecule is NC(=O)CC[C@@H]1N[C@]2(C(=O)Nc3ccccc32)[C@@H]2C(=O)N(c3ccc(Cl)cc3)C(=O)[C@H]12. The van der Waals surface area contributed by atoms with E-state index in [4.69, 9.17) is 17.3 Å². The predicted molar refractivity (Wildman–Crippen MR) is 113 cm³/mol. The fraction of sp³-hybridized carbons (Fsp3) is 0.273. The quantitative estimate of drug-likeness (QED) is 0.625. The number of hydrogen-bond acceptors (Lipinski definition) is 5. The third kappa shape index (κ3) is 2.72. The van der Waals surface area contributed by atoms with Gasteiger partial charge in [-0.3, -0.25) is 24.5 Å². The number of para-hydroxylation sites is 1. The van der Waals surface area contributed by atoms with Crippen LogP contribution in [0, 0.1) is 11.8 Å². The number of carbonyl (C=O) groups is 4.